The van der Waals surface area contributed by atoms with E-state index in [2.05, 4.69) is 15.1 Å². The summed E-state index contributed by atoms with van der Waals surface area (Å²) in [6.45, 7) is 5.96. The highest BCUT2D eigenvalue weighted by atomic mass is 35.5. The molecule has 1 aliphatic heterocycles. The predicted molar refractivity (Wildman–Crippen MR) is 123 cm³/mol. The number of hydrogen-bond acceptors (Lipinski definition) is 7. The highest BCUT2D eigenvalue weighted by Crippen LogP contribution is 2.20. The Balaban J connectivity index is 1.33. The normalized spacial score (nSPS) is 13.8. The molecule has 4 rings (SSSR count). The van der Waals surface area contributed by atoms with E-state index in [9.17, 15) is 9.59 Å². The van der Waals surface area contributed by atoms with Crippen molar-refractivity contribution in [3.8, 4) is 0 Å². The van der Waals surface area contributed by atoms with Crippen LogP contribution in [0.15, 0.2) is 42.7 Å². The van der Waals surface area contributed by atoms with Crippen molar-refractivity contribution in [3.63, 3.8) is 0 Å². The largest absolute Gasteiger partial charge is 0.452 e. The average Bonchev–Trinajstić information content (AvgIpc) is 3.12. The molecule has 1 aromatic carbocycles. The number of amides is 1. The molecule has 33 heavy (non-hydrogen) atoms. The van der Waals surface area contributed by atoms with Gasteiger partial charge >= 0.3 is 5.97 Å². The van der Waals surface area contributed by atoms with Crippen LogP contribution in [0.5, 0.6) is 0 Å². The van der Waals surface area contributed by atoms with Gasteiger partial charge in [0.15, 0.2) is 6.61 Å². The first-order valence-corrected chi connectivity index (χ1v) is 11.1. The van der Waals surface area contributed by atoms with Crippen molar-refractivity contribution in [2.75, 3.05) is 37.7 Å². The number of hydrogen-bond donors (Lipinski definition) is 0. The van der Waals surface area contributed by atoms with Gasteiger partial charge in [0.25, 0.3) is 5.91 Å². The summed E-state index contributed by atoms with van der Waals surface area (Å²) in [5.41, 5.74) is 2.50. The number of carbonyl (C=O) groups is 2. The number of benzene rings is 1. The molecule has 2 aromatic heterocycles. The minimum Gasteiger partial charge on any atom is -0.452 e. The summed E-state index contributed by atoms with van der Waals surface area (Å²) in [4.78, 5) is 37.5. The van der Waals surface area contributed by atoms with E-state index in [4.69, 9.17) is 16.3 Å². The molecule has 0 aliphatic carbocycles. The SMILES string of the molecule is Cc1nn(Cc2ccccc2Cl)c(C)c1C(=O)OCC(=O)N1CCN(c2ncccn2)CC1. The monoisotopic (exact) mass is 468 g/mol. The molecule has 10 heteroatoms. The molecular weight excluding hydrogens is 444 g/mol. The van der Waals surface area contributed by atoms with Crippen molar-refractivity contribution in [2.45, 2.75) is 20.4 Å². The van der Waals surface area contributed by atoms with Gasteiger partial charge in [-0.2, -0.15) is 5.10 Å². The summed E-state index contributed by atoms with van der Waals surface area (Å²) < 4.78 is 7.08. The van der Waals surface area contributed by atoms with Gasteiger partial charge in [0, 0.05) is 43.6 Å². The van der Waals surface area contributed by atoms with Crippen LogP contribution in [0.4, 0.5) is 5.95 Å². The highest BCUT2D eigenvalue weighted by Gasteiger charge is 2.25. The Labute approximate surface area is 196 Å². The van der Waals surface area contributed by atoms with E-state index < -0.39 is 5.97 Å². The Morgan fingerprint density at radius 2 is 1.73 bits per heavy atom. The number of piperazine rings is 1. The Morgan fingerprint density at radius 3 is 2.42 bits per heavy atom. The van der Waals surface area contributed by atoms with Crippen molar-refractivity contribution in [1.82, 2.24) is 24.6 Å². The molecule has 1 aliphatic rings. The second-order valence-corrected chi connectivity index (χ2v) is 8.19. The predicted octanol–water partition coefficient (Wildman–Crippen LogP) is 2.50. The minimum atomic E-state index is -0.555. The molecule has 0 bridgehead atoms. The first-order chi connectivity index (χ1) is 15.9. The van der Waals surface area contributed by atoms with Gasteiger partial charge in [-0.15, -0.1) is 0 Å². The lowest BCUT2D eigenvalue weighted by Gasteiger charge is -2.34. The molecule has 0 atom stereocenters. The highest BCUT2D eigenvalue weighted by molar-refractivity contribution is 6.31. The van der Waals surface area contributed by atoms with Crippen LogP contribution >= 0.6 is 11.6 Å². The number of anilines is 1. The maximum atomic E-state index is 12.7. The number of carbonyl (C=O) groups excluding carboxylic acids is 2. The fraction of sp³-hybridized carbons (Fsp3) is 0.348. The first-order valence-electron chi connectivity index (χ1n) is 10.7. The lowest BCUT2D eigenvalue weighted by atomic mass is 10.2. The lowest BCUT2D eigenvalue weighted by Crippen LogP contribution is -2.50. The summed E-state index contributed by atoms with van der Waals surface area (Å²) >= 11 is 6.25. The third-order valence-electron chi connectivity index (χ3n) is 5.66. The topological polar surface area (TPSA) is 93.5 Å². The van der Waals surface area contributed by atoms with Crippen molar-refractivity contribution < 1.29 is 14.3 Å². The second-order valence-electron chi connectivity index (χ2n) is 7.79. The summed E-state index contributed by atoms with van der Waals surface area (Å²) in [6, 6.07) is 9.26. The molecule has 9 nitrogen and oxygen atoms in total. The van der Waals surface area contributed by atoms with Gasteiger partial charge in [0.1, 0.15) is 5.56 Å². The molecule has 3 aromatic rings. The number of rotatable bonds is 6. The van der Waals surface area contributed by atoms with Crippen molar-refractivity contribution >= 4 is 29.4 Å². The van der Waals surface area contributed by atoms with Crippen LogP contribution in [0.25, 0.3) is 0 Å². The van der Waals surface area contributed by atoms with E-state index >= 15 is 0 Å². The molecule has 0 N–H and O–H groups in total. The van der Waals surface area contributed by atoms with Crippen LogP contribution in [0.3, 0.4) is 0 Å². The van der Waals surface area contributed by atoms with Gasteiger partial charge in [0.2, 0.25) is 5.95 Å². The number of aryl methyl sites for hydroxylation is 1. The zero-order valence-electron chi connectivity index (χ0n) is 18.6. The van der Waals surface area contributed by atoms with Crippen LogP contribution in [0.1, 0.15) is 27.3 Å². The standard InChI is InChI=1S/C23H25ClN6O3/c1-16-21(17(2)30(27-16)14-18-6-3-4-7-19(18)24)22(32)33-15-20(31)28-10-12-29(13-11-28)23-25-8-5-9-26-23/h3-9H,10-15H2,1-2H3. The number of nitrogens with zero attached hydrogens (tertiary/aromatic N) is 6. The molecule has 172 valence electrons. The first kappa shape index (κ1) is 22.7. The number of ether oxygens (including phenoxy) is 1. The number of halogens is 1. The molecular formula is C23H25ClN6O3. The smallest absolute Gasteiger partial charge is 0.342 e. The van der Waals surface area contributed by atoms with Gasteiger partial charge in [-0.3, -0.25) is 9.48 Å². The molecule has 0 saturated carbocycles. The van der Waals surface area contributed by atoms with Crippen LogP contribution < -0.4 is 4.90 Å². The fourth-order valence-electron chi connectivity index (χ4n) is 3.84. The zero-order valence-corrected chi connectivity index (χ0v) is 19.3. The van der Waals surface area contributed by atoms with E-state index in [0.29, 0.717) is 60.6 Å². The Kier molecular flexibility index (Phi) is 6.88. The van der Waals surface area contributed by atoms with E-state index in [0.717, 1.165) is 5.56 Å². The van der Waals surface area contributed by atoms with Gasteiger partial charge in [-0.05, 0) is 31.5 Å². The number of esters is 1. The summed E-state index contributed by atoms with van der Waals surface area (Å²) in [5, 5.41) is 5.10. The second kappa shape index (κ2) is 9.99. The summed E-state index contributed by atoms with van der Waals surface area (Å²) in [6.07, 6.45) is 3.39. The van der Waals surface area contributed by atoms with E-state index in [1.807, 2.05) is 29.2 Å². The molecule has 0 radical (unpaired) electrons. The summed E-state index contributed by atoms with van der Waals surface area (Å²) in [5.74, 6) is -0.133. The Hall–Kier alpha value is -3.46. The van der Waals surface area contributed by atoms with Crippen LogP contribution in [-0.2, 0) is 16.1 Å². The van der Waals surface area contributed by atoms with Crippen LogP contribution in [0, 0.1) is 13.8 Å². The molecule has 1 saturated heterocycles. The third kappa shape index (κ3) is 5.14. The van der Waals surface area contributed by atoms with Gasteiger partial charge in [0.05, 0.1) is 17.9 Å². The molecule has 3 heterocycles. The van der Waals surface area contributed by atoms with Gasteiger partial charge in [-0.1, -0.05) is 29.8 Å². The average molecular weight is 469 g/mol. The van der Waals surface area contributed by atoms with Crippen molar-refractivity contribution in [3.05, 3.63) is 70.3 Å². The van der Waals surface area contributed by atoms with Crippen LogP contribution in [0.2, 0.25) is 5.02 Å². The fourth-order valence-corrected chi connectivity index (χ4v) is 4.03. The van der Waals surface area contributed by atoms with Gasteiger partial charge < -0.3 is 14.5 Å². The maximum Gasteiger partial charge on any atom is 0.342 e. The minimum absolute atomic E-state index is 0.226. The quantitative estimate of drug-likeness (QED) is 0.513. The zero-order chi connectivity index (χ0) is 23.4. The summed E-state index contributed by atoms with van der Waals surface area (Å²) in [7, 11) is 0. The van der Waals surface area contributed by atoms with Crippen molar-refractivity contribution in [2.24, 2.45) is 0 Å². The third-order valence-corrected chi connectivity index (χ3v) is 6.03. The molecule has 1 fully saturated rings. The van der Waals surface area contributed by atoms with Gasteiger partial charge in [-0.25, -0.2) is 14.8 Å². The van der Waals surface area contributed by atoms with E-state index in [1.165, 1.54) is 0 Å². The van der Waals surface area contributed by atoms with E-state index in [-0.39, 0.29) is 12.5 Å². The number of aromatic nitrogens is 4. The molecule has 0 spiro atoms. The Bertz CT molecular complexity index is 1140. The maximum absolute atomic E-state index is 12.7. The molecule has 1 amide bonds. The molecule has 0 unspecified atom stereocenters. The van der Waals surface area contributed by atoms with Crippen molar-refractivity contribution in [1.29, 1.82) is 0 Å². The lowest BCUT2D eigenvalue weighted by molar-refractivity contribution is -0.134. The Morgan fingerprint density at radius 1 is 1.03 bits per heavy atom. The van der Waals surface area contributed by atoms with Crippen LogP contribution in [-0.4, -0.2) is 69.3 Å². The van der Waals surface area contributed by atoms with E-state index in [1.54, 1.807) is 41.9 Å².